The Morgan fingerprint density at radius 1 is 1.00 bits per heavy atom. The van der Waals surface area contributed by atoms with Crippen molar-refractivity contribution in [3.63, 3.8) is 0 Å². The van der Waals surface area contributed by atoms with E-state index in [-0.39, 0.29) is 30.0 Å². The number of Topliss-reactive ketones (excluding diaryl/α,β-unsaturated/α-hetero) is 1. The van der Waals surface area contributed by atoms with Crippen LogP contribution >= 0.6 is 0 Å². The first kappa shape index (κ1) is 32.7. The molecule has 0 radical (unpaired) electrons. The second-order valence-corrected chi connectivity index (χ2v) is 17.5. The van der Waals surface area contributed by atoms with Crippen molar-refractivity contribution in [2.45, 2.75) is 156 Å². The van der Waals surface area contributed by atoms with Crippen LogP contribution in [0.1, 0.15) is 114 Å². The summed E-state index contributed by atoms with van der Waals surface area (Å²) in [7, 11) is -1.79. The van der Waals surface area contributed by atoms with E-state index < -0.39 is 14.1 Å². The van der Waals surface area contributed by atoms with E-state index in [0.29, 0.717) is 23.7 Å². The maximum atomic E-state index is 12.4. The third-order valence-electron chi connectivity index (χ3n) is 10.2. The van der Waals surface area contributed by atoms with Gasteiger partial charge in [-0.05, 0) is 87.3 Å². The molecule has 0 unspecified atom stereocenters. The summed E-state index contributed by atoms with van der Waals surface area (Å²) in [6.07, 6.45) is 11.0. The lowest BCUT2D eigenvalue weighted by molar-refractivity contribution is -0.338. The van der Waals surface area contributed by atoms with Crippen molar-refractivity contribution in [2.24, 2.45) is 29.6 Å². The van der Waals surface area contributed by atoms with Gasteiger partial charge in [-0.25, -0.2) is 0 Å². The average Bonchev–Trinajstić information content (AvgIpc) is 2.90. The molecule has 2 fully saturated rings. The molecule has 0 aromatic rings. The predicted octanol–water partition coefficient (Wildman–Crippen LogP) is 8.95. The molecule has 0 aromatic carbocycles. The lowest BCUT2D eigenvalue weighted by Gasteiger charge is -2.51. The Morgan fingerprint density at radius 3 is 2.14 bits per heavy atom. The van der Waals surface area contributed by atoms with Gasteiger partial charge in [-0.3, -0.25) is 4.79 Å². The fourth-order valence-corrected chi connectivity index (χ4v) is 9.50. The maximum Gasteiger partial charge on any atom is 0.192 e. The van der Waals surface area contributed by atoms with Gasteiger partial charge in [0.15, 0.2) is 14.1 Å². The summed E-state index contributed by atoms with van der Waals surface area (Å²) in [6.45, 7) is 23.8. The van der Waals surface area contributed by atoms with Crippen molar-refractivity contribution in [3.8, 4) is 0 Å². The second kappa shape index (κ2) is 14.8. The Balaban J connectivity index is 2.08. The molecule has 9 atom stereocenters. The molecule has 2 heterocycles. The van der Waals surface area contributed by atoms with Gasteiger partial charge in [0.2, 0.25) is 0 Å². The van der Waals surface area contributed by atoms with Crippen LogP contribution in [0.25, 0.3) is 0 Å². The van der Waals surface area contributed by atoms with E-state index in [2.05, 4.69) is 68.0 Å². The summed E-state index contributed by atoms with van der Waals surface area (Å²) < 4.78 is 20.7. The van der Waals surface area contributed by atoms with Crippen LogP contribution in [-0.4, -0.2) is 38.2 Å². The van der Waals surface area contributed by atoms with E-state index in [4.69, 9.17) is 13.9 Å². The zero-order chi connectivity index (χ0) is 27.8. The number of allylic oxidation sites excluding steroid dienone is 1. The first-order valence-corrected chi connectivity index (χ1v) is 18.1. The Hall–Kier alpha value is -0.493. The van der Waals surface area contributed by atoms with E-state index in [1.165, 1.54) is 6.42 Å². The van der Waals surface area contributed by atoms with Crippen LogP contribution in [0.15, 0.2) is 12.7 Å². The van der Waals surface area contributed by atoms with Crippen molar-refractivity contribution >= 4 is 14.1 Å². The van der Waals surface area contributed by atoms with Gasteiger partial charge in [0, 0.05) is 18.8 Å². The molecule has 2 rings (SSSR count). The van der Waals surface area contributed by atoms with E-state index in [1.54, 1.807) is 6.92 Å². The normalized spacial score (nSPS) is 32.0. The second-order valence-electron chi connectivity index (χ2n) is 12.8. The van der Waals surface area contributed by atoms with E-state index in [9.17, 15) is 4.79 Å². The average molecular weight is 537 g/mol. The molecule has 0 N–H and O–H groups in total. The van der Waals surface area contributed by atoms with Gasteiger partial charge in [0.25, 0.3) is 0 Å². The van der Waals surface area contributed by atoms with E-state index >= 15 is 0 Å². The predicted molar refractivity (Wildman–Crippen MR) is 158 cm³/mol. The summed E-state index contributed by atoms with van der Waals surface area (Å²) in [4.78, 5) is 12.4. The molecule has 2 saturated heterocycles. The smallest absolute Gasteiger partial charge is 0.192 e. The number of carbonyl (C=O) groups excluding carboxylic acids is 1. The summed E-state index contributed by atoms with van der Waals surface area (Å²) >= 11 is 0. The SMILES string of the molecule is C=C[C@@H](C)CC[C@@H]1O[C@@]2(CC[C@H]1C)CC[C@H](C)[C@H]([C@H](C)CC[C@H](O[Si](CC)(CC)CC)[C@H](C)C(C)=O)O2. The summed E-state index contributed by atoms with van der Waals surface area (Å²) in [5, 5.41) is 0. The number of hydrogen-bond acceptors (Lipinski definition) is 4. The van der Waals surface area contributed by atoms with Crippen molar-refractivity contribution < 1.29 is 18.7 Å². The van der Waals surface area contributed by atoms with Crippen molar-refractivity contribution in [3.05, 3.63) is 12.7 Å². The van der Waals surface area contributed by atoms with Gasteiger partial charge in [-0.15, -0.1) is 6.58 Å². The van der Waals surface area contributed by atoms with Gasteiger partial charge < -0.3 is 13.9 Å². The molecule has 0 aromatic heterocycles. The number of ether oxygens (including phenoxy) is 2. The molecule has 4 nitrogen and oxygen atoms in total. The van der Waals surface area contributed by atoms with Crippen molar-refractivity contribution in [1.29, 1.82) is 0 Å². The van der Waals surface area contributed by atoms with Crippen LogP contribution < -0.4 is 0 Å². The minimum atomic E-state index is -1.79. The molecule has 37 heavy (non-hydrogen) atoms. The quantitative estimate of drug-likeness (QED) is 0.155. The first-order valence-electron chi connectivity index (χ1n) is 15.6. The number of hydrogen-bond donors (Lipinski definition) is 0. The van der Waals surface area contributed by atoms with Crippen LogP contribution in [0.2, 0.25) is 18.1 Å². The monoisotopic (exact) mass is 536 g/mol. The minimum absolute atomic E-state index is 0.0160. The zero-order valence-corrected chi connectivity index (χ0v) is 26.8. The maximum absolute atomic E-state index is 12.4. The van der Waals surface area contributed by atoms with Gasteiger partial charge in [0.1, 0.15) is 5.78 Å². The molecule has 216 valence electrons. The van der Waals surface area contributed by atoms with E-state index in [0.717, 1.165) is 63.1 Å². The minimum Gasteiger partial charge on any atom is -0.413 e. The van der Waals surface area contributed by atoms with Crippen LogP contribution in [0, 0.1) is 29.6 Å². The van der Waals surface area contributed by atoms with Gasteiger partial charge in [-0.2, -0.15) is 0 Å². The molecule has 1 spiro atoms. The third kappa shape index (κ3) is 8.75. The highest BCUT2D eigenvalue weighted by molar-refractivity contribution is 6.73. The fraction of sp³-hybridized carbons (Fsp3) is 0.906. The standard InChI is InChI=1S/C32H60O4Si/c1-11-23(5)15-17-29-24(6)19-21-32(34-29)22-20-26(8)31(35-32)25(7)16-18-30(27(9)28(10)33)36-37(12-2,13-3)14-4/h11,23-27,29-31H,1,12-22H2,2-10H3/t23-,24-,25-,26+,27-,29+,30+,31+,32-/m1/s1. The molecular formula is C32H60O4Si. The van der Waals surface area contributed by atoms with Gasteiger partial charge >= 0.3 is 0 Å². The molecule has 5 heteroatoms. The Morgan fingerprint density at radius 2 is 1.59 bits per heavy atom. The summed E-state index contributed by atoms with van der Waals surface area (Å²) in [5.74, 6) is 1.79. The largest absolute Gasteiger partial charge is 0.413 e. The number of carbonyl (C=O) groups is 1. The molecule has 0 bridgehead atoms. The van der Waals surface area contributed by atoms with Gasteiger partial charge in [0.05, 0.1) is 18.3 Å². The lowest BCUT2D eigenvalue weighted by Crippen LogP contribution is -2.53. The Labute approximate surface area is 230 Å². The van der Waals surface area contributed by atoms with Crippen LogP contribution in [0.5, 0.6) is 0 Å². The molecule has 0 aliphatic carbocycles. The number of ketones is 1. The van der Waals surface area contributed by atoms with Crippen LogP contribution in [0.3, 0.4) is 0 Å². The lowest BCUT2D eigenvalue weighted by atomic mass is 9.79. The van der Waals surface area contributed by atoms with Crippen LogP contribution in [0.4, 0.5) is 0 Å². The molecule has 2 aliphatic rings. The zero-order valence-electron chi connectivity index (χ0n) is 25.8. The van der Waals surface area contributed by atoms with Gasteiger partial charge in [-0.1, -0.05) is 61.5 Å². The van der Waals surface area contributed by atoms with Crippen molar-refractivity contribution in [1.82, 2.24) is 0 Å². The molecule has 2 aliphatic heterocycles. The third-order valence-corrected chi connectivity index (χ3v) is 14.9. The highest BCUT2D eigenvalue weighted by atomic mass is 28.4. The summed E-state index contributed by atoms with van der Waals surface area (Å²) in [6, 6.07) is 3.35. The first-order chi connectivity index (χ1) is 17.4. The highest BCUT2D eigenvalue weighted by Gasteiger charge is 2.47. The summed E-state index contributed by atoms with van der Waals surface area (Å²) in [5.41, 5.74) is 0. The van der Waals surface area contributed by atoms with E-state index in [1.807, 2.05) is 0 Å². The molecule has 0 amide bonds. The highest BCUT2D eigenvalue weighted by Crippen LogP contribution is 2.45. The Kier molecular flexibility index (Phi) is 13.1. The van der Waals surface area contributed by atoms with Crippen molar-refractivity contribution in [2.75, 3.05) is 0 Å². The number of rotatable bonds is 15. The Bertz CT molecular complexity index is 695. The molecule has 0 saturated carbocycles. The fourth-order valence-electron chi connectivity index (χ4n) is 6.54. The molecular weight excluding hydrogens is 476 g/mol. The van der Waals surface area contributed by atoms with Crippen LogP contribution in [-0.2, 0) is 18.7 Å². The topological polar surface area (TPSA) is 44.8 Å².